The van der Waals surface area contributed by atoms with Gasteiger partial charge in [-0.05, 0) is 97.0 Å². The van der Waals surface area contributed by atoms with Crippen LogP contribution in [-0.2, 0) is 0 Å². The lowest BCUT2D eigenvalue weighted by molar-refractivity contribution is 0.0734. The Labute approximate surface area is 265 Å². The number of benzene rings is 3. The minimum Gasteiger partial charge on any atom is -0.494 e. The number of unbranched alkanes of at least 4 members (excludes halogenated alkanes) is 8. The first kappa shape index (κ1) is 33.3. The molecule has 4 rings (SSSR count). The Bertz CT molecular complexity index is 1310. The molecular formula is C40H51NO3. The number of ether oxygens (including phenoxy) is 2. The van der Waals surface area contributed by atoms with Crippen LogP contribution in [0.1, 0.15) is 138 Å². The highest BCUT2D eigenvalue weighted by Gasteiger charge is 2.25. The minimum absolute atomic E-state index is 0.398. The molecule has 0 bridgehead atoms. The van der Waals surface area contributed by atoms with Crippen LogP contribution in [0.3, 0.4) is 0 Å². The first-order valence-electron chi connectivity index (χ1n) is 17.2. The molecule has 0 atom stereocenters. The summed E-state index contributed by atoms with van der Waals surface area (Å²) in [5.74, 6) is 2.15. The third-order valence-electron chi connectivity index (χ3n) is 9.18. The quantitative estimate of drug-likeness (QED) is 0.0887. The third-order valence-corrected chi connectivity index (χ3v) is 9.18. The minimum atomic E-state index is -0.441. The zero-order valence-electron chi connectivity index (χ0n) is 27.0. The molecule has 0 heterocycles. The van der Waals surface area contributed by atoms with E-state index < -0.39 is 5.97 Å². The molecule has 1 aliphatic carbocycles. The van der Waals surface area contributed by atoms with Crippen LogP contribution >= 0.6 is 0 Å². The van der Waals surface area contributed by atoms with Gasteiger partial charge in [-0.1, -0.05) is 108 Å². The Morgan fingerprint density at radius 3 is 1.95 bits per heavy atom. The largest absolute Gasteiger partial charge is 0.494 e. The van der Waals surface area contributed by atoms with E-state index in [9.17, 15) is 10.1 Å². The zero-order chi connectivity index (χ0) is 31.0. The van der Waals surface area contributed by atoms with Gasteiger partial charge in [-0.15, -0.1) is 0 Å². The Hall–Kier alpha value is -3.58. The van der Waals surface area contributed by atoms with Gasteiger partial charge >= 0.3 is 5.97 Å². The summed E-state index contributed by atoms with van der Waals surface area (Å²) in [5.41, 5.74) is 4.21. The van der Waals surface area contributed by atoms with E-state index in [4.69, 9.17) is 9.47 Å². The summed E-state index contributed by atoms with van der Waals surface area (Å²) in [4.78, 5) is 13.0. The summed E-state index contributed by atoms with van der Waals surface area (Å²) in [6, 6.07) is 23.5. The second-order valence-electron chi connectivity index (χ2n) is 12.5. The van der Waals surface area contributed by atoms with Gasteiger partial charge in [-0.2, -0.15) is 5.26 Å². The number of rotatable bonds is 17. The molecule has 1 fully saturated rings. The van der Waals surface area contributed by atoms with Crippen molar-refractivity contribution >= 4 is 5.97 Å². The van der Waals surface area contributed by atoms with E-state index in [1.807, 2.05) is 48.5 Å². The fourth-order valence-corrected chi connectivity index (χ4v) is 6.46. The zero-order valence-corrected chi connectivity index (χ0v) is 27.0. The number of nitriles is 1. The van der Waals surface area contributed by atoms with Crippen LogP contribution in [-0.4, -0.2) is 12.6 Å². The van der Waals surface area contributed by atoms with Gasteiger partial charge in [0.1, 0.15) is 11.5 Å². The molecule has 0 saturated heterocycles. The van der Waals surface area contributed by atoms with E-state index >= 15 is 0 Å². The summed E-state index contributed by atoms with van der Waals surface area (Å²) in [6.07, 6.45) is 19.0. The monoisotopic (exact) mass is 593 g/mol. The number of hydrogen-bond donors (Lipinski definition) is 0. The Morgan fingerprint density at radius 1 is 0.727 bits per heavy atom. The summed E-state index contributed by atoms with van der Waals surface area (Å²) >= 11 is 0. The smallest absolute Gasteiger partial charge is 0.343 e. The molecule has 44 heavy (non-hydrogen) atoms. The van der Waals surface area contributed by atoms with Gasteiger partial charge in [0, 0.05) is 0 Å². The Balaban J connectivity index is 1.26. The lowest BCUT2D eigenvalue weighted by Crippen LogP contribution is -2.15. The average molecular weight is 594 g/mol. The van der Waals surface area contributed by atoms with Crippen molar-refractivity contribution in [3.8, 4) is 28.7 Å². The van der Waals surface area contributed by atoms with Crippen molar-refractivity contribution in [1.82, 2.24) is 0 Å². The maximum absolute atomic E-state index is 13.0. The van der Waals surface area contributed by atoms with Crippen LogP contribution in [0.25, 0.3) is 11.1 Å². The molecule has 3 aromatic rings. The van der Waals surface area contributed by atoms with E-state index in [0.717, 1.165) is 54.2 Å². The van der Waals surface area contributed by atoms with Gasteiger partial charge < -0.3 is 9.47 Å². The molecule has 4 nitrogen and oxygen atoms in total. The molecular weight excluding hydrogens is 542 g/mol. The van der Waals surface area contributed by atoms with E-state index in [1.54, 1.807) is 6.07 Å². The van der Waals surface area contributed by atoms with Crippen LogP contribution in [0.4, 0.5) is 0 Å². The first-order chi connectivity index (χ1) is 21.6. The predicted octanol–water partition coefficient (Wildman–Crippen LogP) is 11.4. The second kappa shape index (κ2) is 18.3. The lowest BCUT2D eigenvalue weighted by Gasteiger charge is -2.29. The molecule has 1 saturated carbocycles. The number of hydrogen-bond acceptors (Lipinski definition) is 4. The molecule has 1 aliphatic rings. The molecule has 0 N–H and O–H groups in total. The average Bonchev–Trinajstić information content (AvgIpc) is 3.07. The molecule has 4 heteroatoms. The van der Waals surface area contributed by atoms with E-state index in [2.05, 4.69) is 32.0 Å². The molecule has 0 amide bonds. The number of carbonyl (C=O) groups excluding carboxylic acids is 1. The van der Waals surface area contributed by atoms with Crippen LogP contribution in [0.15, 0.2) is 66.7 Å². The normalized spacial score (nSPS) is 16.3. The van der Waals surface area contributed by atoms with Crippen molar-refractivity contribution in [2.45, 2.75) is 116 Å². The fourth-order valence-electron chi connectivity index (χ4n) is 6.46. The standard InChI is InChI=1S/C40H51NO3/c1-3-5-7-9-10-11-13-31-14-16-34(17-15-31)39-27-22-35(29-36(39)30-41)40(42)44-38-25-20-33(21-26-38)32-18-23-37(24-19-32)43-28-12-8-6-4-2/h18-27,29,31,34H,3-17,28H2,1-2H3. The van der Waals surface area contributed by atoms with Crippen molar-refractivity contribution in [1.29, 1.82) is 5.26 Å². The van der Waals surface area contributed by atoms with E-state index in [-0.39, 0.29) is 0 Å². The van der Waals surface area contributed by atoms with E-state index in [0.29, 0.717) is 22.8 Å². The molecule has 0 aromatic heterocycles. The molecule has 234 valence electrons. The maximum atomic E-state index is 13.0. The number of carbonyl (C=O) groups is 1. The maximum Gasteiger partial charge on any atom is 0.343 e. The molecule has 0 unspecified atom stereocenters. The lowest BCUT2D eigenvalue weighted by atomic mass is 9.76. The molecule has 0 radical (unpaired) electrons. The van der Waals surface area contributed by atoms with Crippen molar-refractivity contribution in [3.05, 3.63) is 83.4 Å². The molecule has 3 aromatic carbocycles. The SMILES string of the molecule is CCCCCCCCC1CCC(c2ccc(C(=O)Oc3ccc(-c4ccc(OCCCCCC)cc4)cc3)cc2C#N)CC1. The summed E-state index contributed by atoms with van der Waals surface area (Å²) in [5, 5.41) is 9.92. The highest BCUT2D eigenvalue weighted by Crippen LogP contribution is 2.39. The summed E-state index contributed by atoms with van der Waals surface area (Å²) in [7, 11) is 0. The predicted molar refractivity (Wildman–Crippen MR) is 180 cm³/mol. The third kappa shape index (κ3) is 10.3. The van der Waals surface area contributed by atoms with Crippen molar-refractivity contribution < 1.29 is 14.3 Å². The summed E-state index contributed by atoms with van der Waals surface area (Å²) < 4.78 is 11.5. The van der Waals surface area contributed by atoms with Crippen molar-refractivity contribution in [2.24, 2.45) is 5.92 Å². The molecule has 0 spiro atoms. The summed E-state index contributed by atoms with van der Waals surface area (Å²) in [6.45, 7) is 5.23. The van der Waals surface area contributed by atoms with Gasteiger partial charge in [-0.3, -0.25) is 0 Å². The van der Waals surface area contributed by atoms with Crippen LogP contribution in [0.2, 0.25) is 0 Å². The van der Waals surface area contributed by atoms with Crippen LogP contribution < -0.4 is 9.47 Å². The fraction of sp³-hybridized carbons (Fsp3) is 0.500. The van der Waals surface area contributed by atoms with E-state index in [1.165, 1.54) is 77.0 Å². The highest BCUT2D eigenvalue weighted by molar-refractivity contribution is 5.91. The van der Waals surface area contributed by atoms with Gasteiger partial charge in [0.05, 0.1) is 23.8 Å². The van der Waals surface area contributed by atoms with Crippen molar-refractivity contribution in [3.63, 3.8) is 0 Å². The van der Waals surface area contributed by atoms with Gasteiger partial charge in [-0.25, -0.2) is 4.79 Å². The van der Waals surface area contributed by atoms with Gasteiger partial charge in [0.15, 0.2) is 0 Å². The van der Waals surface area contributed by atoms with Gasteiger partial charge in [0.25, 0.3) is 0 Å². The molecule has 0 aliphatic heterocycles. The Morgan fingerprint density at radius 2 is 1.32 bits per heavy atom. The van der Waals surface area contributed by atoms with Crippen LogP contribution in [0.5, 0.6) is 11.5 Å². The number of esters is 1. The number of nitrogens with zero attached hydrogens (tertiary/aromatic N) is 1. The topological polar surface area (TPSA) is 59.3 Å². The van der Waals surface area contributed by atoms with Crippen molar-refractivity contribution in [2.75, 3.05) is 6.61 Å². The highest BCUT2D eigenvalue weighted by atomic mass is 16.5. The second-order valence-corrected chi connectivity index (χ2v) is 12.5. The van der Waals surface area contributed by atoms with Gasteiger partial charge in [0.2, 0.25) is 0 Å². The van der Waals surface area contributed by atoms with Crippen LogP contribution in [0, 0.1) is 17.2 Å². The Kier molecular flexibility index (Phi) is 13.8. The first-order valence-corrected chi connectivity index (χ1v) is 17.2.